The van der Waals surface area contributed by atoms with Crippen LogP contribution in [-0.2, 0) is 0 Å². The van der Waals surface area contributed by atoms with Gasteiger partial charge in [-0.25, -0.2) is 0 Å². The van der Waals surface area contributed by atoms with Crippen LogP contribution in [0.1, 0.15) is 24.3 Å². The Kier molecular flexibility index (Phi) is 1.99. The highest BCUT2D eigenvalue weighted by atomic mass is 16.1. The zero-order chi connectivity index (χ0) is 10.3. The molecule has 3 rings (SSSR count). The smallest absolute Gasteiger partial charge is 0.251 e. The molecular weight excluding hydrogens is 188 g/mol. The molecule has 0 spiro atoms. The third kappa shape index (κ3) is 1.53. The second-order valence-electron chi connectivity index (χ2n) is 4.39. The number of hydrogen-bond acceptors (Lipinski definition) is 2. The lowest BCUT2D eigenvalue weighted by Crippen LogP contribution is -2.39. The van der Waals surface area contributed by atoms with Gasteiger partial charge in [0.1, 0.15) is 0 Å². The van der Waals surface area contributed by atoms with Gasteiger partial charge < -0.3 is 10.3 Å². The first-order valence-corrected chi connectivity index (χ1v) is 5.45. The summed E-state index contributed by atoms with van der Waals surface area (Å²) in [5.74, 6) is 0.404. The Bertz CT molecular complexity index is 435. The number of rotatable bonds is 1. The number of fused-ring (bicyclic) bond motifs is 2. The van der Waals surface area contributed by atoms with E-state index in [2.05, 4.69) is 22.5 Å². The van der Waals surface area contributed by atoms with Crippen molar-refractivity contribution in [3.63, 3.8) is 0 Å². The average Bonchev–Trinajstić information content (AvgIpc) is 2.58. The summed E-state index contributed by atoms with van der Waals surface area (Å²) in [5.41, 5.74) is 1.02. The molecule has 0 aliphatic carbocycles. The van der Waals surface area contributed by atoms with E-state index in [0.717, 1.165) is 18.4 Å². The predicted molar refractivity (Wildman–Crippen MR) is 58.9 cm³/mol. The predicted octanol–water partition coefficient (Wildman–Crippen LogP) is 1.15. The van der Waals surface area contributed by atoms with Crippen molar-refractivity contribution in [3.8, 4) is 0 Å². The Labute approximate surface area is 88.2 Å². The maximum Gasteiger partial charge on any atom is 0.251 e. The van der Waals surface area contributed by atoms with Crippen LogP contribution in [0.2, 0.25) is 0 Å². The molecular formula is C12H14N2O. The maximum absolute atomic E-state index is 11.7. The van der Waals surface area contributed by atoms with Crippen molar-refractivity contribution in [1.82, 2.24) is 10.3 Å². The fourth-order valence-corrected chi connectivity index (χ4v) is 2.67. The van der Waals surface area contributed by atoms with Gasteiger partial charge in [0.15, 0.2) is 0 Å². The van der Waals surface area contributed by atoms with E-state index in [1.165, 1.54) is 0 Å². The summed E-state index contributed by atoms with van der Waals surface area (Å²) in [4.78, 5) is 14.4. The fraction of sp³-hybridized carbons (Fsp3) is 0.417. The van der Waals surface area contributed by atoms with Crippen LogP contribution in [-0.4, -0.2) is 17.1 Å². The Morgan fingerprint density at radius 3 is 2.60 bits per heavy atom. The minimum atomic E-state index is 0.0730. The van der Waals surface area contributed by atoms with Crippen LogP contribution in [0.15, 0.2) is 35.3 Å². The molecule has 3 atom stereocenters. The number of pyridine rings is 1. The lowest BCUT2D eigenvalue weighted by Gasteiger charge is -2.28. The molecule has 78 valence electrons. The molecule has 3 nitrogen and oxygen atoms in total. The summed E-state index contributed by atoms with van der Waals surface area (Å²) in [6.07, 6.45) is 8.23. The minimum absolute atomic E-state index is 0.0730. The van der Waals surface area contributed by atoms with Crippen molar-refractivity contribution in [2.75, 3.05) is 0 Å². The number of piperidine rings is 1. The quantitative estimate of drug-likeness (QED) is 0.671. The molecule has 1 fully saturated rings. The van der Waals surface area contributed by atoms with Crippen LogP contribution in [0.5, 0.6) is 0 Å². The van der Waals surface area contributed by atoms with Crippen LogP contribution in [0.3, 0.4) is 0 Å². The van der Waals surface area contributed by atoms with E-state index in [1.807, 2.05) is 12.1 Å². The summed E-state index contributed by atoms with van der Waals surface area (Å²) in [7, 11) is 0. The van der Waals surface area contributed by atoms with E-state index in [9.17, 15) is 4.79 Å². The Morgan fingerprint density at radius 1 is 1.20 bits per heavy atom. The first-order chi connectivity index (χ1) is 7.33. The number of aromatic nitrogens is 1. The van der Waals surface area contributed by atoms with E-state index >= 15 is 0 Å². The second-order valence-corrected chi connectivity index (χ2v) is 4.39. The standard InChI is InChI=1S/C12H14N2O/c15-12-11(2-1-5-13-12)8-6-9-3-4-10(7-8)14-9/h1-5,8-10,14H,6-7H2,(H,13,15)/t8?,9-,10+. The maximum atomic E-state index is 11.7. The molecule has 3 heteroatoms. The van der Waals surface area contributed by atoms with Gasteiger partial charge in [0, 0.05) is 23.8 Å². The highest BCUT2D eigenvalue weighted by molar-refractivity contribution is 5.22. The van der Waals surface area contributed by atoms with E-state index in [0.29, 0.717) is 18.0 Å². The zero-order valence-electron chi connectivity index (χ0n) is 8.44. The first kappa shape index (κ1) is 8.92. The van der Waals surface area contributed by atoms with Gasteiger partial charge in [-0.1, -0.05) is 18.2 Å². The molecule has 2 N–H and O–H groups in total. The van der Waals surface area contributed by atoms with Crippen molar-refractivity contribution in [2.45, 2.75) is 30.8 Å². The van der Waals surface area contributed by atoms with Crippen molar-refractivity contribution < 1.29 is 0 Å². The molecule has 2 bridgehead atoms. The van der Waals surface area contributed by atoms with Gasteiger partial charge in [0.05, 0.1) is 0 Å². The molecule has 2 aliphatic heterocycles. The van der Waals surface area contributed by atoms with E-state index in [4.69, 9.17) is 0 Å². The lowest BCUT2D eigenvalue weighted by atomic mass is 9.86. The number of nitrogens with one attached hydrogen (secondary N) is 2. The van der Waals surface area contributed by atoms with E-state index in [1.54, 1.807) is 6.20 Å². The Balaban J connectivity index is 1.91. The van der Waals surface area contributed by atoms with E-state index < -0.39 is 0 Å². The van der Waals surface area contributed by atoms with Gasteiger partial charge in [-0.15, -0.1) is 0 Å². The molecule has 0 aromatic carbocycles. The van der Waals surface area contributed by atoms with Crippen LogP contribution >= 0.6 is 0 Å². The third-order valence-corrected chi connectivity index (χ3v) is 3.37. The summed E-state index contributed by atoms with van der Waals surface area (Å²) in [6.45, 7) is 0. The zero-order valence-corrected chi connectivity index (χ0v) is 8.44. The lowest BCUT2D eigenvalue weighted by molar-refractivity contribution is 0.380. The molecule has 1 aromatic heterocycles. The molecule has 0 saturated carbocycles. The van der Waals surface area contributed by atoms with Gasteiger partial charge in [-0.2, -0.15) is 0 Å². The van der Waals surface area contributed by atoms with Crippen LogP contribution < -0.4 is 10.9 Å². The first-order valence-electron chi connectivity index (χ1n) is 5.45. The van der Waals surface area contributed by atoms with Gasteiger partial charge in [-0.05, 0) is 24.8 Å². The highest BCUT2D eigenvalue weighted by Gasteiger charge is 2.31. The summed E-state index contributed by atoms with van der Waals surface area (Å²) < 4.78 is 0. The van der Waals surface area contributed by atoms with Crippen LogP contribution in [0.25, 0.3) is 0 Å². The molecule has 0 radical (unpaired) electrons. The summed E-state index contributed by atoms with van der Waals surface area (Å²) in [5, 5.41) is 3.49. The van der Waals surface area contributed by atoms with Gasteiger partial charge in [-0.3, -0.25) is 4.79 Å². The molecule has 15 heavy (non-hydrogen) atoms. The van der Waals surface area contributed by atoms with Crippen molar-refractivity contribution in [2.24, 2.45) is 0 Å². The fourth-order valence-electron chi connectivity index (χ4n) is 2.67. The average molecular weight is 202 g/mol. The molecule has 0 amide bonds. The molecule has 1 saturated heterocycles. The van der Waals surface area contributed by atoms with Crippen molar-refractivity contribution in [1.29, 1.82) is 0 Å². The highest BCUT2D eigenvalue weighted by Crippen LogP contribution is 2.32. The van der Waals surface area contributed by atoms with E-state index in [-0.39, 0.29) is 5.56 Å². The number of aromatic amines is 1. The van der Waals surface area contributed by atoms with Gasteiger partial charge in [0.25, 0.3) is 5.56 Å². The minimum Gasteiger partial charge on any atom is -0.329 e. The molecule has 3 heterocycles. The van der Waals surface area contributed by atoms with Crippen LogP contribution in [0.4, 0.5) is 0 Å². The third-order valence-electron chi connectivity index (χ3n) is 3.37. The van der Waals surface area contributed by atoms with Gasteiger partial charge in [0.2, 0.25) is 0 Å². The SMILES string of the molecule is O=c1[nH]cccc1C1C[C@H]2C=C[C@@H](C1)N2. The van der Waals surface area contributed by atoms with Gasteiger partial charge >= 0.3 is 0 Å². The Hall–Kier alpha value is -1.35. The van der Waals surface area contributed by atoms with Crippen molar-refractivity contribution in [3.05, 3.63) is 46.4 Å². The molecule has 1 aromatic rings. The van der Waals surface area contributed by atoms with Crippen molar-refractivity contribution >= 4 is 0 Å². The topological polar surface area (TPSA) is 44.9 Å². The Morgan fingerprint density at radius 2 is 1.93 bits per heavy atom. The normalized spacial score (nSPS) is 33.2. The molecule has 2 aliphatic rings. The molecule has 1 unspecified atom stereocenters. The van der Waals surface area contributed by atoms with Crippen LogP contribution in [0, 0.1) is 0 Å². The number of hydrogen-bond donors (Lipinski definition) is 2. The number of H-pyrrole nitrogens is 1. The summed E-state index contributed by atoms with van der Waals surface area (Å²) >= 11 is 0. The summed E-state index contributed by atoms with van der Waals surface area (Å²) in [6, 6.07) is 4.80. The second kappa shape index (κ2) is 3.35. The monoisotopic (exact) mass is 202 g/mol. The largest absolute Gasteiger partial charge is 0.329 e.